The predicted molar refractivity (Wildman–Crippen MR) is 79.2 cm³/mol. The number of hydrogen-bond donors (Lipinski definition) is 0. The molecule has 0 aliphatic heterocycles. The molecule has 3 rings (SSSR count). The normalized spacial score (nSPS) is 13.0. The Morgan fingerprint density at radius 3 is 2.76 bits per heavy atom. The minimum absolute atomic E-state index is 0.126. The number of ketones is 1. The van der Waals surface area contributed by atoms with Crippen LogP contribution in [0.4, 0.5) is 4.39 Å². The summed E-state index contributed by atoms with van der Waals surface area (Å²) in [5.74, 6) is -0.217. The lowest BCUT2D eigenvalue weighted by Gasteiger charge is -2.11. The number of Topliss-reactive ketones (excluding diaryl/α,β-unsaturated/α-hetero) is 1. The van der Waals surface area contributed by atoms with E-state index in [4.69, 9.17) is 4.74 Å². The summed E-state index contributed by atoms with van der Waals surface area (Å²) in [6.07, 6.45) is 3.47. The van der Waals surface area contributed by atoms with Crippen molar-refractivity contribution in [1.82, 2.24) is 0 Å². The van der Waals surface area contributed by atoms with Crippen molar-refractivity contribution in [1.29, 1.82) is 0 Å². The number of benzene rings is 2. The van der Waals surface area contributed by atoms with Crippen LogP contribution in [0.2, 0.25) is 0 Å². The van der Waals surface area contributed by atoms with Gasteiger partial charge in [-0.15, -0.1) is 0 Å². The number of hydrogen-bond acceptors (Lipinski definition) is 2. The Balaban J connectivity index is 1.78. The van der Waals surface area contributed by atoms with Gasteiger partial charge < -0.3 is 4.74 Å². The molecule has 2 nitrogen and oxygen atoms in total. The lowest BCUT2D eigenvalue weighted by molar-refractivity contribution is 0.101. The molecule has 0 heterocycles. The molecule has 0 saturated carbocycles. The van der Waals surface area contributed by atoms with Gasteiger partial charge in [-0.2, -0.15) is 0 Å². The van der Waals surface area contributed by atoms with Crippen LogP contribution in [-0.2, 0) is 19.4 Å². The first-order chi connectivity index (χ1) is 10.1. The maximum atomic E-state index is 13.3. The van der Waals surface area contributed by atoms with Gasteiger partial charge in [-0.3, -0.25) is 4.79 Å². The van der Waals surface area contributed by atoms with Crippen molar-refractivity contribution in [2.75, 3.05) is 0 Å². The highest BCUT2D eigenvalue weighted by atomic mass is 19.1. The van der Waals surface area contributed by atoms with E-state index in [1.165, 1.54) is 42.7 Å². The van der Waals surface area contributed by atoms with Crippen LogP contribution in [0, 0.1) is 5.82 Å². The molecule has 0 aromatic heterocycles. The lowest BCUT2D eigenvalue weighted by Crippen LogP contribution is -2.02. The molecule has 0 N–H and O–H groups in total. The van der Waals surface area contributed by atoms with Gasteiger partial charge in [0.1, 0.15) is 18.2 Å². The Labute approximate surface area is 123 Å². The molecule has 0 atom stereocenters. The molecule has 3 heteroatoms. The first kappa shape index (κ1) is 13.8. The van der Waals surface area contributed by atoms with Crippen molar-refractivity contribution in [2.24, 2.45) is 0 Å². The molecule has 2 aromatic carbocycles. The molecular weight excluding hydrogens is 267 g/mol. The smallest absolute Gasteiger partial charge is 0.163 e. The molecule has 1 aliphatic rings. The minimum atomic E-state index is -0.399. The highest BCUT2D eigenvalue weighted by molar-refractivity contribution is 5.96. The molecule has 108 valence electrons. The fourth-order valence-corrected chi connectivity index (χ4v) is 2.78. The Bertz CT molecular complexity index is 692. The topological polar surface area (TPSA) is 26.3 Å². The lowest BCUT2D eigenvalue weighted by atomic mass is 10.1. The number of aryl methyl sites for hydroxylation is 2. The van der Waals surface area contributed by atoms with E-state index in [-0.39, 0.29) is 5.78 Å². The minimum Gasteiger partial charge on any atom is -0.488 e. The largest absolute Gasteiger partial charge is 0.488 e. The molecular formula is C18H17FO2. The third kappa shape index (κ3) is 2.97. The van der Waals surface area contributed by atoms with Gasteiger partial charge in [-0.25, -0.2) is 4.39 Å². The fourth-order valence-electron chi connectivity index (χ4n) is 2.78. The van der Waals surface area contributed by atoms with Crippen LogP contribution in [-0.4, -0.2) is 5.78 Å². The number of carbonyl (C=O) groups is 1. The van der Waals surface area contributed by atoms with Gasteiger partial charge in [0, 0.05) is 6.07 Å². The third-order valence-electron chi connectivity index (χ3n) is 3.88. The van der Waals surface area contributed by atoms with Crippen LogP contribution in [0.1, 0.15) is 40.4 Å². The second kappa shape index (κ2) is 5.68. The van der Waals surface area contributed by atoms with E-state index in [1.54, 1.807) is 0 Å². The first-order valence-electron chi connectivity index (χ1n) is 7.17. The molecule has 0 fully saturated rings. The quantitative estimate of drug-likeness (QED) is 0.790. The van der Waals surface area contributed by atoms with Gasteiger partial charge in [-0.05, 0) is 55.0 Å². The number of ether oxygens (including phenoxy) is 1. The first-order valence-corrected chi connectivity index (χ1v) is 7.17. The van der Waals surface area contributed by atoms with E-state index in [9.17, 15) is 9.18 Å². The van der Waals surface area contributed by atoms with Crippen LogP contribution in [0.5, 0.6) is 5.75 Å². The van der Waals surface area contributed by atoms with E-state index in [1.807, 2.05) is 6.07 Å². The highest BCUT2D eigenvalue weighted by Gasteiger charge is 2.13. The van der Waals surface area contributed by atoms with Crippen molar-refractivity contribution in [3.05, 3.63) is 64.5 Å². The summed E-state index contributed by atoms with van der Waals surface area (Å²) >= 11 is 0. The number of halogens is 1. The zero-order chi connectivity index (χ0) is 14.8. The average molecular weight is 284 g/mol. The van der Waals surface area contributed by atoms with Gasteiger partial charge in [0.15, 0.2) is 5.78 Å². The highest BCUT2D eigenvalue weighted by Crippen LogP contribution is 2.25. The maximum Gasteiger partial charge on any atom is 0.163 e. The van der Waals surface area contributed by atoms with Crippen LogP contribution in [0.25, 0.3) is 0 Å². The summed E-state index contributed by atoms with van der Waals surface area (Å²) in [5, 5.41) is 0. The molecule has 0 radical (unpaired) electrons. The fraction of sp³-hybridized carbons (Fsp3) is 0.278. The Morgan fingerprint density at radius 2 is 1.95 bits per heavy atom. The van der Waals surface area contributed by atoms with Crippen LogP contribution in [0.3, 0.4) is 0 Å². The zero-order valence-corrected chi connectivity index (χ0v) is 12.0. The standard InChI is InChI=1S/C18H17FO2/c1-12(20)17-8-7-16(19)10-18(17)21-11-13-5-6-14-3-2-4-15(14)9-13/h5-10H,2-4,11H2,1H3. The Kier molecular flexibility index (Phi) is 3.74. The molecule has 1 aliphatic carbocycles. The van der Waals surface area contributed by atoms with E-state index in [2.05, 4.69) is 12.1 Å². The van der Waals surface area contributed by atoms with Crippen molar-refractivity contribution in [2.45, 2.75) is 32.8 Å². The molecule has 0 unspecified atom stereocenters. The SMILES string of the molecule is CC(=O)c1ccc(F)cc1OCc1ccc2c(c1)CCC2. The van der Waals surface area contributed by atoms with Crippen molar-refractivity contribution in [3.8, 4) is 5.75 Å². The van der Waals surface area contributed by atoms with E-state index < -0.39 is 5.82 Å². The van der Waals surface area contributed by atoms with E-state index >= 15 is 0 Å². The van der Waals surface area contributed by atoms with Crippen molar-refractivity contribution >= 4 is 5.78 Å². The van der Waals surface area contributed by atoms with E-state index in [0.717, 1.165) is 18.4 Å². The van der Waals surface area contributed by atoms with Gasteiger partial charge in [-0.1, -0.05) is 18.2 Å². The predicted octanol–water partition coefficient (Wildman–Crippen LogP) is 4.10. The van der Waals surface area contributed by atoms with Gasteiger partial charge in [0.25, 0.3) is 0 Å². The van der Waals surface area contributed by atoms with Crippen LogP contribution >= 0.6 is 0 Å². The Morgan fingerprint density at radius 1 is 1.14 bits per heavy atom. The van der Waals surface area contributed by atoms with Crippen molar-refractivity contribution < 1.29 is 13.9 Å². The molecule has 0 bridgehead atoms. The third-order valence-corrected chi connectivity index (χ3v) is 3.88. The molecule has 21 heavy (non-hydrogen) atoms. The summed E-state index contributed by atoms with van der Waals surface area (Å²) in [6.45, 7) is 1.80. The van der Waals surface area contributed by atoms with Gasteiger partial charge in [0.2, 0.25) is 0 Å². The molecule has 2 aromatic rings. The summed E-state index contributed by atoms with van der Waals surface area (Å²) in [5.41, 5.74) is 4.25. The number of fused-ring (bicyclic) bond motifs is 1. The van der Waals surface area contributed by atoms with Gasteiger partial charge >= 0.3 is 0 Å². The summed E-state index contributed by atoms with van der Waals surface area (Å²) in [4.78, 5) is 11.5. The average Bonchev–Trinajstić information content (AvgIpc) is 2.92. The second-order valence-electron chi connectivity index (χ2n) is 5.44. The number of carbonyl (C=O) groups excluding carboxylic acids is 1. The van der Waals surface area contributed by atoms with E-state index in [0.29, 0.717) is 17.9 Å². The van der Waals surface area contributed by atoms with Crippen molar-refractivity contribution in [3.63, 3.8) is 0 Å². The molecule has 0 spiro atoms. The monoisotopic (exact) mass is 284 g/mol. The zero-order valence-electron chi connectivity index (χ0n) is 12.0. The van der Waals surface area contributed by atoms with Gasteiger partial charge in [0.05, 0.1) is 5.56 Å². The summed E-state index contributed by atoms with van der Waals surface area (Å²) in [6, 6.07) is 10.3. The Hall–Kier alpha value is -2.16. The second-order valence-corrected chi connectivity index (χ2v) is 5.44. The maximum absolute atomic E-state index is 13.3. The van der Waals surface area contributed by atoms with Crippen LogP contribution < -0.4 is 4.74 Å². The van der Waals surface area contributed by atoms with Crippen LogP contribution in [0.15, 0.2) is 36.4 Å². The summed E-state index contributed by atoms with van der Waals surface area (Å²) in [7, 11) is 0. The number of rotatable bonds is 4. The summed E-state index contributed by atoms with van der Waals surface area (Å²) < 4.78 is 19.0. The molecule has 0 amide bonds. The molecule has 0 saturated heterocycles.